The zero-order valence-corrected chi connectivity index (χ0v) is 10.6. The summed E-state index contributed by atoms with van der Waals surface area (Å²) in [7, 11) is 0. The molecule has 0 aliphatic rings. The van der Waals surface area contributed by atoms with Crippen molar-refractivity contribution in [3.05, 3.63) is 0 Å². The molecule has 0 radical (unpaired) electrons. The van der Waals surface area contributed by atoms with Crippen LogP contribution in [0.4, 0.5) is 0 Å². The molecule has 0 aliphatic heterocycles. The first-order valence-electron chi connectivity index (χ1n) is 1.23. The Labute approximate surface area is 82.2 Å². The first-order valence-corrected chi connectivity index (χ1v) is 5.09. The van der Waals surface area contributed by atoms with Crippen LogP contribution < -0.4 is 8.38 Å². The Morgan fingerprint density at radius 3 is 0.667 bits per heavy atom. The van der Waals surface area contributed by atoms with Crippen molar-refractivity contribution in [1.82, 2.24) is 0 Å². The van der Waals surface area contributed by atoms with Crippen LogP contribution in [0.2, 0.25) is 0 Å². The topological polar surface area (TPSA) is 180 Å². The van der Waals surface area contributed by atoms with Crippen LogP contribution in [0.1, 0.15) is 0 Å². The summed E-state index contributed by atoms with van der Waals surface area (Å²) in [6.45, 7) is 0. The summed E-state index contributed by atoms with van der Waals surface area (Å²) in [5.41, 5.74) is 0. The Bertz CT molecular complexity index is 297. The summed E-state index contributed by atoms with van der Waals surface area (Å²) in [5, 5.41) is 0. The van der Waals surface area contributed by atoms with Crippen molar-refractivity contribution in [1.29, 1.82) is 0 Å². The van der Waals surface area contributed by atoms with E-state index in [2.05, 4.69) is 0 Å². The molecule has 0 unspecified atom stereocenters. The standard InChI is InChI=1S/2Mn.H2O.8O.Zn/h;;1H2;;;;;;;;;/q;;;;;;;;;2*-1;+2. The Morgan fingerprint density at radius 1 is 0.667 bits per heavy atom. The fourth-order valence-electron chi connectivity index (χ4n) is 0. The molecular weight excluding hydrogens is 319 g/mol. The molecule has 0 spiro atoms. The van der Waals surface area contributed by atoms with Crippen molar-refractivity contribution >= 4 is 0 Å². The normalized spacial score (nSPS) is 9.50. The van der Waals surface area contributed by atoms with E-state index in [9.17, 15) is 0 Å². The molecule has 12 heteroatoms. The predicted molar refractivity (Wildman–Crippen MR) is 7.73 cm³/mol. The molecule has 0 atom stereocenters. The Balaban J connectivity index is -0.0000000457. The first kappa shape index (κ1) is 22.8. The zero-order valence-electron chi connectivity index (χ0n) is 5.23. The van der Waals surface area contributed by atoms with Crippen LogP contribution in [0.15, 0.2) is 0 Å². The van der Waals surface area contributed by atoms with Gasteiger partial charge < -0.3 is 5.48 Å². The van der Waals surface area contributed by atoms with Gasteiger partial charge in [-0.2, -0.15) is 0 Å². The number of rotatable bonds is 0. The van der Waals surface area contributed by atoms with Gasteiger partial charge in [0.1, 0.15) is 0 Å². The molecule has 9 nitrogen and oxygen atoms in total. The molecule has 0 rings (SSSR count). The molecular formula is H2Mn2O9Zn. The van der Waals surface area contributed by atoms with E-state index < -0.39 is 25.9 Å². The largest absolute Gasteiger partial charge is 2.00 e. The van der Waals surface area contributed by atoms with E-state index in [1.165, 1.54) is 0 Å². The monoisotopic (exact) mass is 320 g/mol. The third kappa shape index (κ3) is 7700. The molecule has 0 saturated carbocycles. The van der Waals surface area contributed by atoms with Crippen molar-refractivity contribution in [3.8, 4) is 0 Å². The maximum Gasteiger partial charge on any atom is 2.00 e. The quantitative estimate of drug-likeness (QED) is 0.405. The van der Waals surface area contributed by atoms with Crippen LogP contribution >= 0.6 is 0 Å². The van der Waals surface area contributed by atoms with Crippen LogP contribution in [0, 0.1) is 0 Å². The van der Waals surface area contributed by atoms with Crippen LogP contribution in [0.3, 0.4) is 0 Å². The summed E-state index contributed by atoms with van der Waals surface area (Å²) in [6, 6.07) is 0. The third-order valence-electron chi connectivity index (χ3n) is 0. The summed E-state index contributed by atoms with van der Waals surface area (Å²) >= 11 is -11.2. The number of hydrogen-bond acceptors (Lipinski definition) is 8. The molecule has 0 bridgehead atoms. The molecule has 0 aromatic carbocycles. The minimum atomic E-state index is -5.62. The molecule has 0 aromatic rings. The molecule has 72 valence electrons. The average Bonchev–Trinajstić information content (AvgIpc) is 1.12. The maximum atomic E-state index is 8.58. The van der Waals surface area contributed by atoms with Gasteiger partial charge in [-0.3, -0.25) is 0 Å². The predicted octanol–water partition coefficient (Wildman–Crippen LogP) is -3.92. The van der Waals surface area contributed by atoms with Gasteiger partial charge in [0.05, 0.1) is 0 Å². The van der Waals surface area contributed by atoms with Crippen LogP contribution in [-0.4, -0.2) is 5.48 Å². The molecule has 2 N–H and O–H groups in total. The van der Waals surface area contributed by atoms with Crippen molar-refractivity contribution in [2.45, 2.75) is 0 Å². The van der Waals surface area contributed by atoms with Crippen LogP contribution in [0.5, 0.6) is 0 Å². The molecule has 0 amide bonds. The number of hydrogen-bond donors (Lipinski definition) is 0. The van der Waals surface area contributed by atoms with Crippen LogP contribution in [0.25, 0.3) is 0 Å². The molecule has 0 aromatic heterocycles. The SMILES string of the molecule is O.[O]=[Mn](=[O])(=[O])[O-].[O]=[Mn](=[O])(=[O])[O-].[Zn+2]. The van der Waals surface area contributed by atoms with E-state index in [0.717, 1.165) is 0 Å². The van der Waals surface area contributed by atoms with E-state index in [1.807, 2.05) is 0 Å². The van der Waals surface area contributed by atoms with Gasteiger partial charge in [0, 0.05) is 0 Å². The van der Waals surface area contributed by atoms with Gasteiger partial charge in [-0.15, -0.1) is 0 Å². The van der Waals surface area contributed by atoms with Crippen molar-refractivity contribution in [3.63, 3.8) is 0 Å². The van der Waals surface area contributed by atoms with Crippen molar-refractivity contribution in [2.75, 3.05) is 0 Å². The fraction of sp³-hybridized carbons (Fsp3) is 0. The first-order chi connectivity index (χ1) is 4.00. The van der Waals surface area contributed by atoms with E-state index in [1.54, 1.807) is 0 Å². The minimum absolute atomic E-state index is 0. The molecule has 0 heterocycles. The second-order valence-corrected chi connectivity index (χ2v) is 3.12. The molecule has 0 aliphatic carbocycles. The average molecular weight is 321 g/mol. The van der Waals surface area contributed by atoms with E-state index in [-0.39, 0.29) is 25.0 Å². The van der Waals surface area contributed by atoms with E-state index in [4.69, 9.17) is 31.4 Å². The van der Waals surface area contributed by atoms with Gasteiger partial charge in [-0.05, 0) is 0 Å². The van der Waals surface area contributed by atoms with E-state index >= 15 is 0 Å². The molecule has 0 saturated heterocycles. The summed E-state index contributed by atoms with van der Waals surface area (Å²) in [5.74, 6) is 0. The van der Waals surface area contributed by atoms with E-state index in [0.29, 0.717) is 0 Å². The zero-order chi connectivity index (χ0) is 9.00. The van der Waals surface area contributed by atoms with Gasteiger partial charge in [0.2, 0.25) is 0 Å². The minimum Gasteiger partial charge on any atom is 2.00 e. The Hall–Kier alpha value is 0.342. The van der Waals surface area contributed by atoms with Gasteiger partial charge in [-0.1, -0.05) is 0 Å². The van der Waals surface area contributed by atoms with Gasteiger partial charge in [-0.25, -0.2) is 0 Å². The Kier molecular flexibility index (Phi) is 15.1. The molecule has 12 heavy (non-hydrogen) atoms. The summed E-state index contributed by atoms with van der Waals surface area (Å²) in [6.07, 6.45) is 0. The third-order valence-corrected chi connectivity index (χ3v) is 0. The Morgan fingerprint density at radius 2 is 0.667 bits per heavy atom. The van der Waals surface area contributed by atoms with Gasteiger partial charge in [0.15, 0.2) is 0 Å². The van der Waals surface area contributed by atoms with Gasteiger partial charge >= 0.3 is 76.8 Å². The maximum absolute atomic E-state index is 8.58. The molecule has 0 fully saturated rings. The summed E-state index contributed by atoms with van der Waals surface area (Å²) < 4.78 is 68.6. The smallest absolute Gasteiger partial charge is 2.00 e. The second-order valence-electron chi connectivity index (χ2n) is 0.756. The summed E-state index contributed by atoms with van der Waals surface area (Å²) in [4.78, 5) is 0. The van der Waals surface area contributed by atoms with Crippen LogP contribution in [-0.2, 0) is 68.4 Å². The van der Waals surface area contributed by atoms with Crippen molar-refractivity contribution < 1.29 is 82.3 Å². The van der Waals surface area contributed by atoms with Gasteiger partial charge in [0.25, 0.3) is 0 Å². The van der Waals surface area contributed by atoms with Crippen molar-refractivity contribution in [2.24, 2.45) is 0 Å². The fourth-order valence-corrected chi connectivity index (χ4v) is 0. The second kappa shape index (κ2) is 7.96.